The number of hydrogen-bond acceptors (Lipinski definition) is 2. The minimum absolute atomic E-state index is 0.305. The predicted molar refractivity (Wildman–Crippen MR) is 60.5 cm³/mol. The maximum Gasteiger partial charge on any atom is 0.335 e. The first-order chi connectivity index (χ1) is 7.57. The van der Waals surface area contributed by atoms with Crippen molar-refractivity contribution in [3.05, 3.63) is 34.9 Å². The van der Waals surface area contributed by atoms with E-state index in [2.05, 4.69) is 0 Å². The van der Waals surface area contributed by atoms with Crippen molar-refractivity contribution in [3.8, 4) is 0 Å². The highest BCUT2D eigenvalue weighted by Gasteiger charge is 2.32. The smallest absolute Gasteiger partial charge is 0.335 e. The van der Waals surface area contributed by atoms with Gasteiger partial charge in [0.1, 0.15) is 0 Å². The molecule has 0 heterocycles. The van der Waals surface area contributed by atoms with E-state index in [-0.39, 0.29) is 0 Å². The Balaban J connectivity index is 2.49. The number of hydrogen-bond donors (Lipinski definition) is 2. The van der Waals surface area contributed by atoms with Gasteiger partial charge in [-0.15, -0.1) is 0 Å². The van der Waals surface area contributed by atoms with Crippen molar-refractivity contribution in [3.63, 3.8) is 0 Å². The molecule has 0 aromatic heterocycles. The van der Waals surface area contributed by atoms with Crippen LogP contribution in [0.15, 0.2) is 18.2 Å². The highest BCUT2D eigenvalue weighted by Crippen LogP contribution is 2.37. The second kappa shape index (κ2) is 3.91. The summed E-state index contributed by atoms with van der Waals surface area (Å²) in [6, 6.07) is 5.03. The summed E-state index contributed by atoms with van der Waals surface area (Å²) < 4.78 is 0. The minimum atomic E-state index is -0.909. The molecule has 0 radical (unpaired) electrons. The molecule has 1 aromatic rings. The van der Waals surface area contributed by atoms with Crippen LogP contribution in [-0.2, 0) is 12.0 Å². The molecule has 0 saturated carbocycles. The van der Waals surface area contributed by atoms with Crippen molar-refractivity contribution in [2.75, 3.05) is 0 Å². The fourth-order valence-electron chi connectivity index (χ4n) is 2.46. The standard InChI is InChI=1S/C13H16O3/c1-2-13(16)7-3-4-9-8-10(12(14)15)5-6-11(9)13/h5-6,8,16H,2-4,7H2,1H3,(H,14,15)/t13-/m1/s1. The van der Waals surface area contributed by atoms with Crippen LogP contribution < -0.4 is 0 Å². The van der Waals surface area contributed by atoms with E-state index in [0.29, 0.717) is 12.0 Å². The van der Waals surface area contributed by atoms with Crippen LogP contribution in [0.2, 0.25) is 0 Å². The minimum Gasteiger partial charge on any atom is -0.478 e. The number of aliphatic hydroxyl groups is 1. The number of aromatic carboxylic acids is 1. The van der Waals surface area contributed by atoms with Crippen molar-refractivity contribution in [1.29, 1.82) is 0 Å². The molecule has 0 aliphatic heterocycles. The van der Waals surface area contributed by atoms with Crippen LogP contribution in [-0.4, -0.2) is 16.2 Å². The molecule has 0 fully saturated rings. The summed E-state index contributed by atoms with van der Waals surface area (Å²) in [7, 11) is 0. The molecule has 0 saturated heterocycles. The first kappa shape index (κ1) is 11.1. The third-order valence-corrected chi connectivity index (χ3v) is 3.47. The van der Waals surface area contributed by atoms with Crippen LogP contribution in [0.1, 0.15) is 47.7 Å². The molecule has 2 rings (SSSR count). The van der Waals surface area contributed by atoms with Crippen molar-refractivity contribution < 1.29 is 15.0 Å². The molecule has 86 valence electrons. The van der Waals surface area contributed by atoms with E-state index in [9.17, 15) is 9.90 Å². The number of carboxylic acids is 1. The second-order valence-electron chi connectivity index (χ2n) is 4.42. The van der Waals surface area contributed by atoms with Gasteiger partial charge in [-0.3, -0.25) is 0 Å². The van der Waals surface area contributed by atoms with E-state index in [1.54, 1.807) is 18.2 Å². The second-order valence-corrected chi connectivity index (χ2v) is 4.42. The van der Waals surface area contributed by atoms with Gasteiger partial charge in [-0.2, -0.15) is 0 Å². The molecular weight excluding hydrogens is 204 g/mol. The van der Waals surface area contributed by atoms with Crippen LogP contribution in [0.3, 0.4) is 0 Å². The number of carboxylic acid groups (broad SMARTS) is 1. The SMILES string of the molecule is CC[C@@]1(O)CCCc2cc(C(=O)O)ccc21. The Morgan fingerprint density at radius 2 is 2.25 bits per heavy atom. The third-order valence-electron chi connectivity index (χ3n) is 3.47. The molecule has 2 N–H and O–H groups in total. The van der Waals surface area contributed by atoms with Gasteiger partial charge >= 0.3 is 5.97 Å². The molecule has 1 aliphatic rings. The molecule has 0 bridgehead atoms. The zero-order valence-corrected chi connectivity index (χ0v) is 9.36. The lowest BCUT2D eigenvalue weighted by atomic mass is 9.77. The molecular formula is C13H16O3. The Morgan fingerprint density at radius 1 is 1.50 bits per heavy atom. The fraction of sp³-hybridized carbons (Fsp3) is 0.462. The van der Waals surface area contributed by atoms with Crippen LogP contribution in [0.4, 0.5) is 0 Å². The van der Waals surface area contributed by atoms with Gasteiger partial charge in [0.15, 0.2) is 0 Å². The fourth-order valence-corrected chi connectivity index (χ4v) is 2.46. The summed E-state index contributed by atoms with van der Waals surface area (Å²) >= 11 is 0. The van der Waals surface area contributed by atoms with Gasteiger partial charge in [0.05, 0.1) is 11.2 Å². The zero-order chi connectivity index (χ0) is 11.8. The van der Waals surface area contributed by atoms with E-state index in [1.165, 1.54) is 0 Å². The third kappa shape index (κ3) is 1.71. The molecule has 16 heavy (non-hydrogen) atoms. The molecule has 0 unspecified atom stereocenters. The van der Waals surface area contributed by atoms with Gasteiger partial charge in [0, 0.05) is 0 Å². The summed E-state index contributed by atoms with van der Waals surface area (Å²) in [4.78, 5) is 10.9. The summed E-state index contributed by atoms with van der Waals surface area (Å²) in [5.41, 5.74) is 1.44. The largest absolute Gasteiger partial charge is 0.478 e. The molecule has 3 nitrogen and oxygen atoms in total. The van der Waals surface area contributed by atoms with E-state index < -0.39 is 11.6 Å². The molecule has 1 aromatic carbocycles. The number of carbonyl (C=O) groups is 1. The van der Waals surface area contributed by atoms with Crippen molar-refractivity contribution in [2.45, 2.75) is 38.2 Å². The monoisotopic (exact) mass is 220 g/mol. The van der Waals surface area contributed by atoms with Gasteiger partial charge in [0.2, 0.25) is 0 Å². The van der Waals surface area contributed by atoms with Gasteiger partial charge in [-0.1, -0.05) is 13.0 Å². The first-order valence-electron chi connectivity index (χ1n) is 5.66. The maximum absolute atomic E-state index is 10.9. The van der Waals surface area contributed by atoms with Gasteiger partial charge < -0.3 is 10.2 Å². The highest BCUT2D eigenvalue weighted by atomic mass is 16.4. The van der Waals surface area contributed by atoms with E-state index in [1.807, 2.05) is 6.92 Å². The van der Waals surface area contributed by atoms with Crippen molar-refractivity contribution in [2.24, 2.45) is 0 Å². The Kier molecular flexibility index (Phi) is 2.72. The summed E-state index contributed by atoms with van der Waals surface area (Å²) in [6.45, 7) is 1.96. The Morgan fingerprint density at radius 3 is 2.88 bits per heavy atom. The van der Waals surface area contributed by atoms with E-state index >= 15 is 0 Å². The Labute approximate surface area is 94.7 Å². The highest BCUT2D eigenvalue weighted by molar-refractivity contribution is 5.88. The van der Waals surface area contributed by atoms with Crippen LogP contribution in [0.5, 0.6) is 0 Å². The lowest BCUT2D eigenvalue weighted by molar-refractivity contribution is 0.0148. The summed E-state index contributed by atoms with van der Waals surface area (Å²) in [5, 5.41) is 19.3. The average Bonchev–Trinajstić information content (AvgIpc) is 2.29. The van der Waals surface area contributed by atoms with Gasteiger partial charge in [-0.05, 0) is 48.9 Å². The molecule has 0 spiro atoms. The molecule has 3 heteroatoms. The Bertz CT molecular complexity index is 425. The Hall–Kier alpha value is -1.35. The van der Waals surface area contributed by atoms with Crippen LogP contribution in [0, 0.1) is 0 Å². The van der Waals surface area contributed by atoms with E-state index in [0.717, 1.165) is 30.4 Å². The first-order valence-corrected chi connectivity index (χ1v) is 5.66. The van der Waals surface area contributed by atoms with Crippen LogP contribution in [0.25, 0.3) is 0 Å². The summed E-state index contributed by atoms with van der Waals surface area (Å²) in [6.07, 6.45) is 3.22. The zero-order valence-electron chi connectivity index (χ0n) is 9.36. The average molecular weight is 220 g/mol. The predicted octanol–water partition coefficient (Wildman–Crippen LogP) is 2.32. The number of aryl methyl sites for hydroxylation is 1. The van der Waals surface area contributed by atoms with Crippen LogP contribution >= 0.6 is 0 Å². The maximum atomic E-state index is 10.9. The van der Waals surface area contributed by atoms with Crippen molar-refractivity contribution in [1.82, 2.24) is 0 Å². The van der Waals surface area contributed by atoms with E-state index in [4.69, 9.17) is 5.11 Å². The normalized spacial score (nSPS) is 23.9. The molecule has 1 aliphatic carbocycles. The lowest BCUT2D eigenvalue weighted by Crippen LogP contribution is -2.29. The lowest BCUT2D eigenvalue weighted by Gasteiger charge is -2.33. The summed E-state index contributed by atoms with van der Waals surface area (Å²) in [5.74, 6) is -0.909. The number of benzene rings is 1. The molecule has 0 amide bonds. The molecule has 1 atom stereocenters. The quantitative estimate of drug-likeness (QED) is 0.804. The number of rotatable bonds is 2. The van der Waals surface area contributed by atoms with Gasteiger partial charge in [-0.25, -0.2) is 4.79 Å². The van der Waals surface area contributed by atoms with Crippen molar-refractivity contribution >= 4 is 5.97 Å². The topological polar surface area (TPSA) is 57.5 Å². The number of fused-ring (bicyclic) bond motifs is 1. The van der Waals surface area contributed by atoms with Gasteiger partial charge in [0.25, 0.3) is 0 Å².